The molecule has 1 saturated heterocycles. The van der Waals surface area contributed by atoms with Gasteiger partial charge in [-0.05, 0) is 57.3 Å². The minimum Gasteiger partial charge on any atom is -0.378 e. The maximum atomic E-state index is 5.72. The predicted molar refractivity (Wildman–Crippen MR) is 87.8 cm³/mol. The summed E-state index contributed by atoms with van der Waals surface area (Å²) in [5.74, 6) is 0. The number of hydrogen-bond donors (Lipinski definition) is 1. The number of fused-ring (bicyclic) bond motifs is 1. The molecule has 0 amide bonds. The zero-order valence-electron chi connectivity index (χ0n) is 13.0. The number of aryl methyl sites for hydroxylation is 1. The van der Waals surface area contributed by atoms with Crippen LogP contribution in [-0.2, 0) is 17.7 Å². The summed E-state index contributed by atoms with van der Waals surface area (Å²) in [5.41, 5.74) is 2.83. The number of nitrogens with zero attached hydrogens (tertiary/aromatic N) is 1. The fourth-order valence-corrected chi connectivity index (χ4v) is 3.33. The van der Waals surface area contributed by atoms with Crippen molar-refractivity contribution in [2.75, 3.05) is 20.2 Å². The van der Waals surface area contributed by atoms with Crippen molar-refractivity contribution in [3.05, 3.63) is 36.0 Å². The van der Waals surface area contributed by atoms with Gasteiger partial charge in [0.05, 0.1) is 6.10 Å². The summed E-state index contributed by atoms with van der Waals surface area (Å²) in [4.78, 5) is 0. The normalized spacial score (nSPS) is 18.6. The van der Waals surface area contributed by atoms with Crippen LogP contribution in [0.25, 0.3) is 10.9 Å². The summed E-state index contributed by atoms with van der Waals surface area (Å²) in [5, 5.41) is 4.65. The molecule has 2 heterocycles. The molecule has 1 aliphatic heterocycles. The van der Waals surface area contributed by atoms with Crippen molar-refractivity contribution in [3.63, 3.8) is 0 Å². The highest BCUT2D eigenvalue weighted by atomic mass is 16.5. The highest BCUT2D eigenvalue weighted by Crippen LogP contribution is 2.23. The largest absolute Gasteiger partial charge is 0.378 e. The van der Waals surface area contributed by atoms with Crippen LogP contribution in [0, 0.1) is 0 Å². The zero-order valence-corrected chi connectivity index (χ0v) is 13.0. The van der Waals surface area contributed by atoms with Gasteiger partial charge in [-0.3, -0.25) is 0 Å². The van der Waals surface area contributed by atoms with E-state index in [-0.39, 0.29) is 0 Å². The Morgan fingerprint density at radius 2 is 2.24 bits per heavy atom. The third-order valence-electron chi connectivity index (χ3n) is 4.46. The Balaban J connectivity index is 1.68. The Morgan fingerprint density at radius 1 is 1.33 bits per heavy atom. The Hall–Kier alpha value is -1.32. The fraction of sp³-hybridized carbons (Fsp3) is 0.556. The highest BCUT2D eigenvalue weighted by molar-refractivity contribution is 5.84. The van der Waals surface area contributed by atoms with Gasteiger partial charge in [-0.25, -0.2) is 0 Å². The lowest BCUT2D eigenvalue weighted by Crippen LogP contribution is -2.10. The molecule has 1 aromatic heterocycles. The lowest BCUT2D eigenvalue weighted by molar-refractivity contribution is 0.101. The van der Waals surface area contributed by atoms with E-state index in [4.69, 9.17) is 4.74 Å². The SMILES string of the molecule is CNCCc1cn(CCCC2CCCO2)c2ccccc12. The monoisotopic (exact) mass is 286 g/mol. The van der Waals surface area contributed by atoms with Crippen molar-refractivity contribution >= 4 is 10.9 Å². The van der Waals surface area contributed by atoms with Gasteiger partial charge in [0, 0.05) is 30.3 Å². The molecule has 1 fully saturated rings. The van der Waals surface area contributed by atoms with Gasteiger partial charge in [-0.2, -0.15) is 0 Å². The van der Waals surface area contributed by atoms with E-state index in [0.29, 0.717) is 6.10 Å². The van der Waals surface area contributed by atoms with E-state index in [1.807, 2.05) is 7.05 Å². The van der Waals surface area contributed by atoms with Crippen LogP contribution in [0.2, 0.25) is 0 Å². The van der Waals surface area contributed by atoms with Crippen molar-refractivity contribution < 1.29 is 4.74 Å². The molecule has 0 spiro atoms. The number of rotatable bonds is 7. The predicted octanol–water partition coefficient (Wildman–Crippen LogP) is 3.36. The topological polar surface area (TPSA) is 26.2 Å². The lowest BCUT2D eigenvalue weighted by atomic mass is 10.1. The molecule has 114 valence electrons. The number of likely N-dealkylation sites (N-methyl/N-ethyl adjacent to an activating group) is 1. The molecule has 1 aliphatic rings. The second-order valence-electron chi connectivity index (χ2n) is 6.00. The Labute approximate surface area is 127 Å². The molecule has 1 atom stereocenters. The number of nitrogens with one attached hydrogen (secondary N) is 1. The van der Waals surface area contributed by atoms with Gasteiger partial charge in [-0.1, -0.05) is 18.2 Å². The Bertz CT molecular complexity index is 570. The smallest absolute Gasteiger partial charge is 0.0576 e. The minimum atomic E-state index is 0.510. The number of hydrogen-bond acceptors (Lipinski definition) is 2. The summed E-state index contributed by atoms with van der Waals surface area (Å²) in [7, 11) is 2.01. The molecule has 21 heavy (non-hydrogen) atoms. The highest BCUT2D eigenvalue weighted by Gasteiger charge is 2.15. The summed E-state index contributed by atoms with van der Waals surface area (Å²) in [6, 6.07) is 8.77. The summed E-state index contributed by atoms with van der Waals surface area (Å²) >= 11 is 0. The van der Waals surface area contributed by atoms with Crippen molar-refractivity contribution in [2.45, 2.75) is 44.8 Å². The zero-order chi connectivity index (χ0) is 14.5. The lowest BCUT2D eigenvalue weighted by Gasteiger charge is -2.10. The first kappa shape index (κ1) is 14.6. The van der Waals surface area contributed by atoms with Gasteiger partial charge in [-0.15, -0.1) is 0 Å². The second kappa shape index (κ2) is 7.10. The van der Waals surface area contributed by atoms with Gasteiger partial charge in [0.2, 0.25) is 0 Å². The van der Waals surface area contributed by atoms with Crippen LogP contribution < -0.4 is 5.32 Å². The first-order chi connectivity index (χ1) is 10.4. The molecule has 0 radical (unpaired) electrons. The first-order valence-corrected chi connectivity index (χ1v) is 8.21. The molecule has 0 aliphatic carbocycles. The van der Waals surface area contributed by atoms with Gasteiger partial charge in [0.15, 0.2) is 0 Å². The molecular formula is C18H26N2O. The maximum absolute atomic E-state index is 5.72. The van der Waals surface area contributed by atoms with Gasteiger partial charge < -0.3 is 14.6 Å². The molecule has 1 unspecified atom stereocenters. The van der Waals surface area contributed by atoms with Gasteiger partial charge >= 0.3 is 0 Å². The van der Waals surface area contributed by atoms with Crippen LogP contribution in [0.1, 0.15) is 31.2 Å². The maximum Gasteiger partial charge on any atom is 0.0576 e. The third kappa shape index (κ3) is 3.47. The quantitative estimate of drug-likeness (QED) is 0.844. The standard InChI is InChI=1S/C18H26N2O/c1-19-11-10-15-14-20(18-9-3-2-8-17(15)18)12-4-6-16-7-5-13-21-16/h2-3,8-9,14,16,19H,4-7,10-13H2,1H3. The molecule has 1 aromatic carbocycles. The van der Waals surface area contributed by atoms with Crippen molar-refractivity contribution in [3.8, 4) is 0 Å². The molecule has 0 saturated carbocycles. The van der Waals surface area contributed by atoms with E-state index in [1.54, 1.807) is 0 Å². The van der Waals surface area contributed by atoms with Crippen LogP contribution in [-0.4, -0.2) is 30.9 Å². The van der Waals surface area contributed by atoms with Crippen LogP contribution in [0.5, 0.6) is 0 Å². The Kier molecular flexibility index (Phi) is 4.94. The van der Waals surface area contributed by atoms with Crippen LogP contribution in [0.3, 0.4) is 0 Å². The number of aromatic nitrogens is 1. The average molecular weight is 286 g/mol. The van der Waals surface area contributed by atoms with Crippen molar-refractivity contribution in [1.29, 1.82) is 0 Å². The summed E-state index contributed by atoms with van der Waals surface area (Å²) < 4.78 is 8.15. The molecule has 2 aromatic rings. The van der Waals surface area contributed by atoms with Crippen molar-refractivity contribution in [2.24, 2.45) is 0 Å². The molecule has 1 N–H and O–H groups in total. The summed E-state index contributed by atoms with van der Waals surface area (Å²) in [6.45, 7) is 3.09. The van der Waals surface area contributed by atoms with Gasteiger partial charge in [0.25, 0.3) is 0 Å². The van der Waals surface area contributed by atoms with Crippen LogP contribution in [0.15, 0.2) is 30.5 Å². The van der Waals surface area contributed by atoms with E-state index in [1.165, 1.54) is 42.1 Å². The number of para-hydroxylation sites is 1. The van der Waals surface area contributed by atoms with Crippen LogP contribution >= 0.6 is 0 Å². The van der Waals surface area contributed by atoms with E-state index in [0.717, 1.165) is 26.1 Å². The third-order valence-corrected chi connectivity index (χ3v) is 4.46. The summed E-state index contributed by atoms with van der Waals surface area (Å²) in [6.07, 6.45) is 8.83. The van der Waals surface area contributed by atoms with Gasteiger partial charge in [0.1, 0.15) is 0 Å². The first-order valence-electron chi connectivity index (χ1n) is 8.21. The number of benzene rings is 1. The minimum absolute atomic E-state index is 0.510. The molecule has 3 nitrogen and oxygen atoms in total. The van der Waals surface area contributed by atoms with Crippen LogP contribution in [0.4, 0.5) is 0 Å². The molecular weight excluding hydrogens is 260 g/mol. The van der Waals surface area contributed by atoms with E-state index >= 15 is 0 Å². The molecule has 0 bridgehead atoms. The Morgan fingerprint density at radius 3 is 3.05 bits per heavy atom. The number of ether oxygens (including phenoxy) is 1. The second-order valence-corrected chi connectivity index (χ2v) is 6.00. The fourth-order valence-electron chi connectivity index (χ4n) is 3.33. The van der Waals surface area contributed by atoms with E-state index in [9.17, 15) is 0 Å². The van der Waals surface area contributed by atoms with E-state index in [2.05, 4.69) is 40.3 Å². The molecule has 3 heteroatoms. The van der Waals surface area contributed by atoms with E-state index < -0.39 is 0 Å². The average Bonchev–Trinajstić information content (AvgIpc) is 3.14. The van der Waals surface area contributed by atoms with Crippen molar-refractivity contribution in [1.82, 2.24) is 9.88 Å². The molecule has 3 rings (SSSR count).